The van der Waals surface area contributed by atoms with E-state index in [0.29, 0.717) is 50.3 Å². The molecule has 1 heterocycles. The smallest absolute Gasteiger partial charge is 0.305 e. The third-order valence-electron chi connectivity index (χ3n) is 10.8. The van der Waals surface area contributed by atoms with Crippen LogP contribution in [0.3, 0.4) is 0 Å². The molecule has 5 fully saturated rings. The maximum Gasteiger partial charge on any atom is 0.305 e. The van der Waals surface area contributed by atoms with Gasteiger partial charge < -0.3 is 9.47 Å². The molecule has 7 nitrogen and oxygen atoms in total. The van der Waals surface area contributed by atoms with Crippen molar-refractivity contribution < 1.29 is 28.7 Å². The molecule has 0 aromatic rings. The first-order valence-electron chi connectivity index (χ1n) is 14.3. The van der Waals surface area contributed by atoms with Gasteiger partial charge in [0, 0.05) is 63.6 Å². The molecule has 0 aromatic heterocycles. The van der Waals surface area contributed by atoms with Gasteiger partial charge in [-0.1, -0.05) is 13.8 Å². The highest BCUT2D eigenvalue weighted by atomic mass is 16.5. The molecule has 200 valence electrons. The Morgan fingerprint density at radius 2 is 1.83 bits per heavy atom. The highest BCUT2D eigenvalue weighted by Gasteiger charge is 2.61. The summed E-state index contributed by atoms with van der Waals surface area (Å²) in [6, 6.07) is 0. The molecular weight excluding hydrogens is 458 g/mol. The monoisotopic (exact) mass is 501 g/mol. The zero-order valence-corrected chi connectivity index (χ0v) is 22.0. The Labute approximate surface area is 215 Å². The van der Waals surface area contributed by atoms with Crippen molar-refractivity contribution in [1.29, 1.82) is 0 Å². The van der Waals surface area contributed by atoms with Gasteiger partial charge in [-0.3, -0.25) is 24.1 Å². The van der Waals surface area contributed by atoms with Crippen molar-refractivity contribution in [2.24, 2.45) is 46.8 Å². The minimum absolute atomic E-state index is 0.0236. The van der Waals surface area contributed by atoms with Gasteiger partial charge in [-0.15, -0.1) is 0 Å². The maximum atomic E-state index is 13.6. The molecule has 0 N–H and O–H groups in total. The van der Waals surface area contributed by atoms with E-state index in [1.165, 1.54) is 0 Å². The van der Waals surface area contributed by atoms with E-state index in [1.807, 2.05) is 0 Å². The quantitative estimate of drug-likeness (QED) is 0.494. The molecule has 0 spiro atoms. The Morgan fingerprint density at radius 1 is 1.08 bits per heavy atom. The van der Waals surface area contributed by atoms with Gasteiger partial charge in [0.1, 0.15) is 24.0 Å². The summed E-state index contributed by atoms with van der Waals surface area (Å²) < 4.78 is 10.8. The first-order chi connectivity index (χ1) is 17.3. The molecule has 7 heteroatoms. The lowest BCUT2D eigenvalue weighted by Crippen LogP contribution is -2.57. The minimum Gasteiger partial charge on any atom is -0.464 e. The number of rotatable bonds is 7. The number of hydrogen-bond donors (Lipinski definition) is 0. The van der Waals surface area contributed by atoms with E-state index in [-0.39, 0.29) is 58.6 Å². The fourth-order valence-corrected chi connectivity index (χ4v) is 8.61. The number of esters is 1. The van der Waals surface area contributed by atoms with Crippen molar-refractivity contribution in [3.8, 4) is 0 Å². The highest BCUT2D eigenvalue weighted by molar-refractivity contribution is 5.91. The van der Waals surface area contributed by atoms with Crippen molar-refractivity contribution in [3.63, 3.8) is 0 Å². The summed E-state index contributed by atoms with van der Waals surface area (Å²) in [5.74, 6) is 1.53. The van der Waals surface area contributed by atoms with E-state index in [2.05, 4.69) is 18.7 Å². The molecule has 36 heavy (non-hydrogen) atoms. The van der Waals surface area contributed by atoms with Crippen LogP contribution in [-0.2, 0) is 28.7 Å². The van der Waals surface area contributed by atoms with Crippen LogP contribution >= 0.6 is 0 Å². The number of ether oxygens (including phenoxy) is 2. The topological polar surface area (TPSA) is 90.0 Å². The van der Waals surface area contributed by atoms with Crippen LogP contribution in [0.25, 0.3) is 0 Å². The van der Waals surface area contributed by atoms with Crippen LogP contribution in [0.1, 0.15) is 71.6 Å². The van der Waals surface area contributed by atoms with Crippen molar-refractivity contribution in [1.82, 2.24) is 4.90 Å². The van der Waals surface area contributed by atoms with Crippen LogP contribution in [0.5, 0.6) is 0 Å². The molecule has 5 aliphatic rings. The average molecular weight is 502 g/mol. The molecule has 4 saturated carbocycles. The van der Waals surface area contributed by atoms with E-state index in [4.69, 9.17) is 9.47 Å². The summed E-state index contributed by atoms with van der Waals surface area (Å²) in [4.78, 5) is 53.7. The summed E-state index contributed by atoms with van der Waals surface area (Å²) in [5.41, 5.74) is -0.0677. The predicted octanol–water partition coefficient (Wildman–Crippen LogP) is 3.47. The number of carbonyl (C=O) groups is 4. The van der Waals surface area contributed by atoms with E-state index in [1.54, 1.807) is 0 Å². The van der Waals surface area contributed by atoms with Gasteiger partial charge in [0.25, 0.3) is 0 Å². The van der Waals surface area contributed by atoms with E-state index in [0.717, 1.165) is 58.5 Å². The number of fused-ring (bicyclic) bond motifs is 5. The Balaban J connectivity index is 1.16. The lowest BCUT2D eigenvalue weighted by Gasteiger charge is -2.56. The maximum absolute atomic E-state index is 13.6. The number of morpholine rings is 1. The average Bonchev–Trinajstić information content (AvgIpc) is 3.31. The lowest BCUT2D eigenvalue weighted by atomic mass is 9.46. The van der Waals surface area contributed by atoms with E-state index >= 15 is 0 Å². The minimum atomic E-state index is -0.159. The van der Waals surface area contributed by atoms with Crippen molar-refractivity contribution in [2.45, 2.75) is 71.6 Å². The molecule has 0 amide bonds. The van der Waals surface area contributed by atoms with Crippen LogP contribution in [-0.4, -0.2) is 67.7 Å². The fourth-order valence-electron chi connectivity index (χ4n) is 8.61. The van der Waals surface area contributed by atoms with Crippen LogP contribution in [0.15, 0.2) is 0 Å². The Bertz CT molecular complexity index is 881. The standard InChI is InChI=1S/C29H43NO6/c1-18(3-6-26(34)36-14-11-30-9-12-35-13-10-30)21-4-5-22-27(21)25(33)17-23-28(22)24(32)16-19-15-20(31)7-8-29(19,23)2/h18-19,21-23,27-28H,3-17H2,1-2H3/t18?,19-,21+,22+,23-,27?,28-,29-/m0/s1. The molecule has 0 aromatic carbocycles. The van der Waals surface area contributed by atoms with E-state index in [9.17, 15) is 19.2 Å². The zero-order chi connectivity index (χ0) is 25.4. The SMILES string of the molecule is CC(CCC(=O)OCCN1CCOCC1)[C@H]1CC[C@@H]2C1C(=O)C[C@H]1[C@H]2C(=O)C[C@@H]2CC(=O)CC[C@@]21C. The van der Waals surface area contributed by atoms with Crippen LogP contribution in [0.4, 0.5) is 0 Å². The molecular formula is C29H43NO6. The first kappa shape index (κ1) is 26.0. The number of hydrogen-bond acceptors (Lipinski definition) is 7. The molecule has 1 saturated heterocycles. The zero-order valence-electron chi connectivity index (χ0n) is 22.0. The van der Waals surface area contributed by atoms with Gasteiger partial charge in [-0.25, -0.2) is 0 Å². The second kappa shape index (κ2) is 10.6. The van der Waals surface area contributed by atoms with Crippen molar-refractivity contribution in [2.75, 3.05) is 39.5 Å². The van der Waals surface area contributed by atoms with Gasteiger partial charge >= 0.3 is 5.97 Å². The van der Waals surface area contributed by atoms with Gasteiger partial charge in [-0.05, 0) is 60.7 Å². The third-order valence-corrected chi connectivity index (χ3v) is 10.8. The normalized spacial score (nSPS) is 39.8. The van der Waals surface area contributed by atoms with E-state index < -0.39 is 0 Å². The lowest BCUT2D eigenvalue weighted by molar-refractivity contribution is -0.158. The van der Waals surface area contributed by atoms with Crippen LogP contribution in [0.2, 0.25) is 0 Å². The molecule has 2 unspecified atom stereocenters. The summed E-state index contributed by atoms with van der Waals surface area (Å²) >= 11 is 0. The van der Waals surface area contributed by atoms with Crippen LogP contribution < -0.4 is 0 Å². The second-order valence-electron chi connectivity index (χ2n) is 12.5. The Hall–Kier alpha value is -1.60. The molecule has 0 bridgehead atoms. The Morgan fingerprint density at radius 3 is 2.61 bits per heavy atom. The molecule has 5 rings (SSSR count). The molecule has 8 atom stereocenters. The number of carbonyl (C=O) groups excluding carboxylic acids is 4. The summed E-state index contributed by atoms with van der Waals surface area (Å²) in [5, 5.41) is 0. The summed E-state index contributed by atoms with van der Waals surface area (Å²) in [7, 11) is 0. The molecule has 1 aliphatic heterocycles. The summed E-state index contributed by atoms with van der Waals surface area (Å²) in [6.45, 7) is 8.82. The predicted molar refractivity (Wildman–Crippen MR) is 133 cm³/mol. The fraction of sp³-hybridized carbons (Fsp3) is 0.862. The van der Waals surface area contributed by atoms with Gasteiger partial charge in [0.05, 0.1) is 13.2 Å². The Kier molecular flexibility index (Phi) is 7.69. The number of nitrogens with zero attached hydrogens (tertiary/aromatic N) is 1. The van der Waals surface area contributed by atoms with Gasteiger partial charge in [0.2, 0.25) is 0 Å². The van der Waals surface area contributed by atoms with Crippen molar-refractivity contribution in [3.05, 3.63) is 0 Å². The third kappa shape index (κ3) is 4.94. The number of ketones is 3. The summed E-state index contributed by atoms with van der Waals surface area (Å²) in [6.07, 6.45) is 5.93. The number of Topliss-reactive ketones (excluding diaryl/α,β-unsaturated/α-hetero) is 3. The highest BCUT2D eigenvalue weighted by Crippen LogP contribution is 2.62. The van der Waals surface area contributed by atoms with Gasteiger partial charge in [-0.2, -0.15) is 0 Å². The van der Waals surface area contributed by atoms with Gasteiger partial charge in [0.15, 0.2) is 0 Å². The largest absolute Gasteiger partial charge is 0.464 e. The molecule has 0 radical (unpaired) electrons. The van der Waals surface area contributed by atoms with Crippen molar-refractivity contribution >= 4 is 23.3 Å². The first-order valence-corrected chi connectivity index (χ1v) is 14.3. The second-order valence-corrected chi connectivity index (χ2v) is 12.5. The van der Waals surface area contributed by atoms with Crippen LogP contribution in [0, 0.1) is 46.8 Å². The molecule has 4 aliphatic carbocycles.